The van der Waals surface area contributed by atoms with Gasteiger partial charge < -0.3 is 10.6 Å². The minimum atomic E-state index is -0.0918. The Balaban J connectivity index is 2.27. The summed E-state index contributed by atoms with van der Waals surface area (Å²) in [6.07, 6.45) is 2.56. The molecule has 2 N–H and O–H groups in total. The summed E-state index contributed by atoms with van der Waals surface area (Å²) in [6.45, 7) is 6.73. The van der Waals surface area contributed by atoms with Gasteiger partial charge in [-0.3, -0.25) is 9.59 Å². The fraction of sp³-hybridized carbons (Fsp3) is 0.833. The summed E-state index contributed by atoms with van der Waals surface area (Å²) in [6, 6.07) is 0.201. The number of hydrogen-bond acceptors (Lipinski definition) is 2. The molecule has 1 rings (SSSR count). The van der Waals surface area contributed by atoms with Crippen molar-refractivity contribution in [2.45, 2.75) is 46.1 Å². The van der Waals surface area contributed by atoms with Crippen molar-refractivity contribution in [2.75, 3.05) is 6.54 Å². The lowest BCUT2D eigenvalue weighted by molar-refractivity contribution is -0.127. The monoisotopic (exact) mass is 226 g/mol. The SMILES string of the molecule is CCCNC(=O)C1CC1C(=O)NC(C)CC. The van der Waals surface area contributed by atoms with Crippen molar-refractivity contribution < 1.29 is 9.59 Å². The van der Waals surface area contributed by atoms with Crippen LogP contribution in [0.3, 0.4) is 0 Å². The van der Waals surface area contributed by atoms with E-state index in [1.807, 2.05) is 20.8 Å². The second kappa shape index (κ2) is 5.87. The van der Waals surface area contributed by atoms with E-state index in [9.17, 15) is 9.59 Å². The maximum absolute atomic E-state index is 11.7. The molecule has 0 aromatic rings. The van der Waals surface area contributed by atoms with Crippen LogP contribution in [0.4, 0.5) is 0 Å². The molecule has 0 radical (unpaired) electrons. The fourth-order valence-electron chi connectivity index (χ4n) is 1.61. The smallest absolute Gasteiger partial charge is 0.224 e. The average Bonchev–Trinajstić information content (AvgIpc) is 3.05. The van der Waals surface area contributed by atoms with Gasteiger partial charge in [0.1, 0.15) is 0 Å². The van der Waals surface area contributed by atoms with E-state index in [2.05, 4.69) is 10.6 Å². The molecule has 1 fully saturated rings. The van der Waals surface area contributed by atoms with Gasteiger partial charge in [-0.2, -0.15) is 0 Å². The fourth-order valence-corrected chi connectivity index (χ4v) is 1.61. The second-order valence-electron chi connectivity index (χ2n) is 4.56. The van der Waals surface area contributed by atoms with E-state index in [1.165, 1.54) is 0 Å². The first kappa shape index (κ1) is 13.0. The number of rotatable bonds is 6. The molecule has 92 valence electrons. The van der Waals surface area contributed by atoms with Gasteiger partial charge in [0.05, 0.1) is 11.8 Å². The number of amides is 2. The highest BCUT2D eigenvalue weighted by atomic mass is 16.2. The third-order valence-electron chi connectivity index (χ3n) is 3.01. The lowest BCUT2D eigenvalue weighted by Crippen LogP contribution is -2.35. The molecule has 1 aliphatic rings. The zero-order valence-corrected chi connectivity index (χ0v) is 10.4. The van der Waals surface area contributed by atoms with Gasteiger partial charge in [-0.1, -0.05) is 13.8 Å². The van der Waals surface area contributed by atoms with Gasteiger partial charge in [0.15, 0.2) is 0 Å². The van der Waals surface area contributed by atoms with Crippen molar-refractivity contribution in [1.29, 1.82) is 0 Å². The largest absolute Gasteiger partial charge is 0.356 e. The molecule has 0 aromatic heterocycles. The lowest BCUT2D eigenvalue weighted by Gasteiger charge is -2.10. The Hall–Kier alpha value is -1.06. The maximum atomic E-state index is 11.7. The van der Waals surface area contributed by atoms with Crippen LogP contribution in [0.1, 0.15) is 40.0 Å². The van der Waals surface area contributed by atoms with Gasteiger partial charge in [-0.05, 0) is 26.2 Å². The van der Waals surface area contributed by atoms with Crippen molar-refractivity contribution in [3.63, 3.8) is 0 Å². The predicted molar refractivity (Wildman–Crippen MR) is 62.8 cm³/mol. The third-order valence-corrected chi connectivity index (χ3v) is 3.01. The zero-order chi connectivity index (χ0) is 12.1. The van der Waals surface area contributed by atoms with Crippen LogP contribution in [0.2, 0.25) is 0 Å². The van der Waals surface area contributed by atoms with E-state index >= 15 is 0 Å². The van der Waals surface area contributed by atoms with Crippen molar-refractivity contribution in [2.24, 2.45) is 11.8 Å². The first-order valence-corrected chi connectivity index (χ1v) is 6.18. The van der Waals surface area contributed by atoms with E-state index in [0.29, 0.717) is 13.0 Å². The molecule has 2 amide bonds. The summed E-state index contributed by atoms with van der Waals surface area (Å²) >= 11 is 0. The Kier molecular flexibility index (Phi) is 4.77. The van der Waals surface area contributed by atoms with Crippen LogP contribution in [0.15, 0.2) is 0 Å². The van der Waals surface area contributed by atoms with Gasteiger partial charge >= 0.3 is 0 Å². The van der Waals surface area contributed by atoms with Crippen LogP contribution in [-0.2, 0) is 9.59 Å². The molecule has 0 heterocycles. The van der Waals surface area contributed by atoms with Crippen LogP contribution in [0.5, 0.6) is 0 Å². The van der Waals surface area contributed by atoms with Crippen molar-refractivity contribution in [3.05, 3.63) is 0 Å². The summed E-state index contributed by atoms with van der Waals surface area (Å²) in [5.41, 5.74) is 0. The zero-order valence-electron chi connectivity index (χ0n) is 10.4. The molecular formula is C12H22N2O2. The molecule has 1 aliphatic carbocycles. The van der Waals surface area contributed by atoms with Gasteiger partial charge in [0.25, 0.3) is 0 Å². The van der Waals surface area contributed by atoms with E-state index in [0.717, 1.165) is 12.8 Å². The molecule has 0 spiro atoms. The summed E-state index contributed by atoms with van der Waals surface area (Å²) in [5, 5.41) is 5.74. The minimum absolute atomic E-state index is 0.0333. The molecule has 0 bridgehead atoms. The Labute approximate surface area is 97.2 Å². The minimum Gasteiger partial charge on any atom is -0.356 e. The van der Waals surface area contributed by atoms with Gasteiger partial charge in [0, 0.05) is 12.6 Å². The Morgan fingerprint density at radius 3 is 2.44 bits per heavy atom. The molecule has 3 atom stereocenters. The van der Waals surface area contributed by atoms with Crippen LogP contribution < -0.4 is 10.6 Å². The Bertz CT molecular complexity index is 266. The third kappa shape index (κ3) is 3.51. The van der Waals surface area contributed by atoms with Gasteiger partial charge in [-0.15, -0.1) is 0 Å². The second-order valence-corrected chi connectivity index (χ2v) is 4.56. The highest BCUT2D eigenvalue weighted by molar-refractivity contribution is 5.92. The number of carbonyl (C=O) groups excluding carboxylic acids is 2. The number of hydrogen-bond donors (Lipinski definition) is 2. The predicted octanol–water partition coefficient (Wildman–Crippen LogP) is 1.06. The Morgan fingerprint density at radius 1 is 1.25 bits per heavy atom. The van der Waals surface area contributed by atoms with Crippen LogP contribution in [-0.4, -0.2) is 24.4 Å². The van der Waals surface area contributed by atoms with E-state index in [-0.39, 0.29) is 29.7 Å². The molecule has 1 saturated carbocycles. The molecular weight excluding hydrogens is 204 g/mol. The molecule has 4 heteroatoms. The van der Waals surface area contributed by atoms with E-state index in [1.54, 1.807) is 0 Å². The normalized spacial score (nSPS) is 24.7. The van der Waals surface area contributed by atoms with Crippen molar-refractivity contribution in [3.8, 4) is 0 Å². The van der Waals surface area contributed by atoms with Crippen LogP contribution in [0, 0.1) is 11.8 Å². The van der Waals surface area contributed by atoms with Crippen molar-refractivity contribution in [1.82, 2.24) is 10.6 Å². The summed E-state index contributed by atoms with van der Waals surface area (Å²) in [5.74, 6) is -0.112. The molecule has 4 nitrogen and oxygen atoms in total. The molecule has 16 heavy (non-hydrogen) atoms. The highest BCUT2D eigenvalue weighted by Crippen LogP contribution is 2.38. The van der Waals surface area contributed by atoms with E-state index in [4.69, 9.17) is 0 Å². The first-order chi connectivity index (χ1) is 7.60. The average molecular weight is 226 g/mol. The molecule has 0 saturated heterocycles. The standard InChI is InChI=1S/C12H22N2O2/c1-4-6-13-11(15)9-7-10(9)12(16)14-8(3)5-2/h8-10H,4-7H2,1-3H3,(H,13,15)(H,14,16). The molecule has 3 unspecified atom stereocenters. The summed E-state index contributed by atoms with van der Waals surface area (Å²) < 4.78 is 0. The number of nitrogens with one attached hydrogen (secondary N) is 2. The van der Waals surface area contributed by atoms with Gasteiger partial charge in [-0.25, -0.2) is 0 Å². The first-order valence-electron chi connectivity index (χ1n) is 6.18. The summed E-state index contributed by atoms with van der Waals surface area (Å²) in [7, 11) is 0. The maximum Gasteiger partial charge on any atom is 0.224 e. The number of carbonyl (C=O) groups is 2. The molecule has 0 aromatic carbocycles. The highest BCUT2D eigenvalue weighted by Gasteiger charge is 2.47. The lowest BCUT2D eigenvalue weighted by atomic mass is 10.2. The van der Waals surface area contributed by atoms with Gasteiger partial charge in [0.2, 0.25) is 11.8 Å². The summed E-state index contributed by atoms with van der Waals surface area (Å²) in [4.78, 5) is 23.2. The van der Waals surface area contributed by atoms with E-state index < -0.39 is 0 Å². The quantitative estimate of drug-likeness (QED) is 0.711. The Morgan fingerprint density at radius 2 is 1.88 bits per heavy atom. The van der Waals surface area contributed by atoms with Crippen molar-refractivity contribution >= 4 is 11.8 Å². The van der Waals surface area contributed by atoms with Crippen LogP contribution >= 0.6 is 0 Å². The molecule has 0 aliphatic heterocycles. The topological polar surface area (TPSA) is 58.2 Å². The van der Waals surface area contributed by atoms with Crippen LogP contribution in [0.25, 0.3) is 0 Å².